The lowest BCUT2D eigenvalue weighted by atomic mass is 9.85. The van der Waals surface area contributed by atoms with E-state index in [1.807, 2.05) is 38.1 Å². The maximum absolute atomic E-state index is 12.6. The molecule has 7 nitrogen and oxygen atoms in total. The van der Waals surface area contributed by atoms with Crippen molar-refractivity contribution >= 4 is 24.4 Å². The highest BCUT2D eigenvalue weighted by Crippen LogP contribution is 2.31. The van der Waals surface area contributed by atoms with E-state index in [4.69, 9.17) is 14.2 Å². The van der Waals surface area contributed by atoms with Gasteiger partial charge in [0.15, 0.2) is 6.29 Å². The van der Waals surface area contributed by atoms with Crippen molar-refractivity contribution in [2.24, 2.45) is 5.41 Å². The van der Waals surface area contributed by atoms with Gasteiger partial charge >= 0.3 is 0 Å². The largest absolute Gasteiger partial charge is 0.497 e. The van der Waals surface area contributed by atoms with Gasteiger partial charge in [-0.1, -0.05) is 26.0 Å². The number of ether oxygens (including phenoxy) is 3. The van der Waals surface area contributed by atoms with Crippen molar-refractivity contribution in [3.05, 3.63) is 29.8 Å². The molecule has 2 rings (SSSR count). The van der Waals surface area contributed by atoms with Crippen molar-refractivity contribution in [2.45, 2.75) is 39.1 Å². The second kappa shape index (κ2) is 10.7. The van der Waals surface area contributed by atoms with Crippen molar-refractivity contribution < 1.29 is 23.8 Å². The number of amides is 2. The van der Waals surface area contributed by atoms with E-state index in [0.717, 1.165) is 11.3 Å². The molecule has 1 heterocycles. The molecule has 1 fully saturated rings. The van der Waals surface area contributed by atoms with Crippen LogP contribution in [0.4, 0.5) is 0 Å². The molecule has 1 aliphatic rings. The number of rotatable bonds is 9. The van der Waals surface area contributed by atoms with Gasteiger partial charge in [0, 0.05) is 37.1 Å². The molecule has 1 aromatic rings. The zero-order valence-electron chi connectivity index (χ0n) is 16.7. The van der Waals surface area contributed by atoms with Crippen LogP contribution >= 0.6 is 12.6 Å². The van der Waals surface area contributed by atoms with E-state index in [-0.39, 0.29) is 24.8 Å². The van der Waals surface area contributed by atoms with Gasteiger partial charge in [0.1, 0.15) is 11.9 Å². The van der Waals surface area contributed by atoms with Gasteiger partial charge in [0.25, 0.3) is 0 Å². The minimum Gasteiger partial charge on any atom is -0.497 e. The van der Waals surface area contributed by atoms with Gasteiger partial charge in [-0.05, 0) is 17.7 Å². The van der Waals surface area contributed by atoms with E-state index in [1.54, 1.807) is 7.11 Å². The van der Waals surface area contributed by atoms with Crippen molar-refractivity contribution in [1.82, 2.24) is 10.6 Å². The molecule has 2 unspecified atom stereocenters. The molecule has 1 aliphatic heterocycles. The van der Waals surface area contributed by atoms with E-state index in [0.29, 0.717) is 25.3 Å². The Morgan fingerprint density at radius 2 is 1.93 bits per heavy atom. The predicted octanol–water partition coefficient (Wildman–Crippen LogP) is 1.56. The predicted molar refractivity (Wildman–Crippen MR) is 110 cm³/mol. The van der Waals surface area contributed by atoms with Crippen LogP contribution in [0.15, 0.2) is 24.3 Å². The summed E-state index contributed by atoms with van der Waals surface area (Å²) in [7, 11) is 1.62. The summed E-state index contributed by atoms with van der Waals surface area (Å²) < 4.78 is 16.9. The first kappa shape index (κ1) is 22.5. The summed E-state index contributed by atoms with van der Waals surface area (Å²) in [5, 5.41) is 5.52. The Morgan fingerprint density at radius 1 is 1.21 bits per heavy atom. The first-order valence-corrected chi connectivity index (χ1v) is 10.0. The van der Waals surface area contributed by atoms with Gasteiger partial charge in [-0.15, -0.1) is 0 Å². The number of benzene rings is 1. The molecule has 0 saturated carbocycles. The Kier molecular flexibility index (Phi) is 8.59. The lowest BCUT2D eigenvalue weighted by Gasteiger charge is -2.41. The number of thiol groups is 1. The van der Waals surface area contributed by atoms with Crippen LogP contribution in [0.2, 0.25) is 0 Å². The third kappa shape index (κ3) is 6.68. The number of nitrogens with one attached hydrogen (secondary N) is 2. The highest BCUT2D eigenvalue weighted by Gasteiger charge is 2.42. The number of hydrogen-bond acceptors (Lipinski definition) is 6. The minimum atomic E-state index is -0.648. The van der Waals surface area contributed by atoms with Crippen LogP contribution in [0.25, 0.3) is 0 Å². The molecule has 1 saturated heterocycles. The Labute approximate surface area is 171 Å². The van der Waals surface area contributed by atoms with Gasteiger partial charge in [-0.3, -0.25) is 9.59 Å². The molecule has 2 N–H and O–H groups in total. The monoisotopic (exact) mass is 410 g/mol. The number of carbonyl (C=O) groups is 2. The quantitative estimate of drug-likeness (QED) is 0.538. The van der Waals surface area contributed by atoms with Crippen molar-refractivity contribution in [3.8, 4) is 5.75 Å². The Bertz CT molecular complexity index is 651. The van der Waals surface area contributed by atoms with E-state index in [2.05, 4.69) is 23.3 Å². The zero-order valence-corrected chi connectivity index (χ0v) is 17.6. The van der Waals surface area contributed by atoms with Crippen LogP contribution in [0, 0.1) is 5.41 Å². The molecule has 156 valence electrons. The molecule has 0 bridgehead atoms. The van der Waals surface area contributed by atoms with Crippen LogP contribution in [0.5, 0.6) is 5.75 Å². The fourth-order valence-corrected chi connectivity index (χ4v) is 3.02. The van der Waals surface area contributed by atoms with Gasteiger partial charge in [-0.2, -0.15) is 12.6 Å². The van der Waals surface area contributed by atoms with Gasteiger partial charge < -0.3 is 24.8 Å². The molecular formula is C20H30N2O5S. The van der Waals surface area contributed by atoms with Crippen LogP contribution in [0.1, 0.15) is 25.8 Å². The molecule has 28 heavy (non-hydrogen) atoms. The molecule has 1 aromatic carbocycles. The fraction of sp³-hybridized carbons (Fsp3) is 0.600. The van der Waals surface area contributed by atoms with E-state index in [1.165, 1.54) is 0 Å². The van der Waals surface area contributed by atoms with E-state index < -0.39 is 17.8 Å². The second-order valence-corrected chi connectivity index (χ2v) is 7.86. The Morgan fingerprint density at radius 3 is 2.57 bits per heavy atom. The number of methoxy groups -OCH3 is 1. The van der Waals surface area contributed by atoms with Crippen LogP contribution < -0.4 is 15.4 Å². The minimum absolute atomic E-state index is 0.112. The fourth-order valence-electron chi connectivity index (χ4n) is 2.91. The van der Waals surface area contributed by atoms with Crippen LogP contribution in [0.3, 0.4) is 0 Å². The van der Waals surface area contributed by atoms with Gasteiger partial charge in [0.05, 0.1) is 13.7 Å². The SMILES string of the molecule is COc1ccc(CC2OCC(C)(C)C(C(=O)NCCC(=O)NCCS)O2)cc1. The number of carbonyl (C=O) groups excluding carboxylic acids is 2. The molecule has 0 radical (unpaired) electrons. The highest BCUT2D eigenvalue weighted by molar-refractivity contribution is 7.80. The maximum Gasteiger partial charge on any atom is 0.249 e. The normalized spacial score (nSPS) is 21.0. The molecular weight excluding hydrogens is 380 g/mol. The van der Waals surface area contributed by atoms with Crippen molar-refractivity contribution in [3.63, 3.8) is 0 Å². The highest BCUT2D eigenvalue weighted by atomic mass is 32.1. The van der Waals surface area contributed by atoms with Gasteiger partial charge in [0.2, 0.25) is 11.8 Å². The third-order valence-corrected chi connectivity index (χ3v) is 4.75. The summed E-state index contributed by atoms with van der Waals surface area (Å²) in [6, 6.07) is 7.66. The summed E-state index contributed by atoms with van der Waals surface area (Å²) in [5.41, 5.74) is 0.569. The lowest BCUT2D eigenvalue weighted by Crippen LogP contribution is -2.54. The lowest BCUT2D eigenvalue weighted by molar-refractivity contribution is -0.253. The second-order valence-electron chi connectivity index (χ2n) is 7.41. The van der Waals surface area contributed by atoms with Crippen molar-refractivity contribution in [1.29, 1.82) is 0 Å². The molecule has 2 amide bonds. The summed E-state index contributed by atoms with van der Waals surface area (Å²) in [6.07, 6.45) is -0.394. The summed E-state index contributed by atoms with van der Waals surface area (Å²) in [6.45, 7) is 5.05. The average molecular weight is 411 g/mol. The van der Waals surface area contributed by atoms with Crippen molar-refractivity contribution in [2.75, 3.05) is 32.6 Å². The van der Waals surface area contributed by atoms with E-state index in [9.17, 15) is 9.59 Å². The third-order valence-electron chi connectivity index (χ3n) is 4.52. The first-order valence-electron chi connectivity index (χ1n) is 9.41. The molecule has 0 spiro atoms. The average Bonchev–Trinajstić information content (AvgIpc) is 2.68. The van der Waals surface area contributed by atoms with Crippen LogP contribution in [-0.2, 0) is 25.5 Å². The Hall–Kier alpha value is -1.77. The zero-order chi connectivity index (χ0) is 20.6. The molecule has 0 aromatic heterocycles. The first-order chi connectivity index (χ1) is 13.4. The maximum atomic E-state index is 12.6. The topological polar surface area (TPSA) is 85.9 Å². The molecule has 2 atom stereocenters. The summed E-state index contributed by atoms with van der Waals surface area (Å²) in [5.74, 6) is 1.03. The molecule has 0 aliphatic carbocycles. The van der Waals surface area contributed by atoms with Crippen LogP contribution in [-0.4, -0.2) is 56.8 Å². The van der Waals surface area contributed by atoms with E-state index >= 15 is 0 Å². The molecule has 8 heteroatoms. The van der Waals surface area contributed by atoms with Gasteiger partial charge in [-0.25, -0.2) is 0 Å². The summed E-state index contributed by atoms with van der Waals surface area (Å²) in [4.78, 5) is 24.3. The standard InChI is InChI=1S/C20H30N2O5S/c1-20(2)13-26-17(12-14-4-6-15(25-3)7-5-14)27-18(20)19(24)22-9-8-16(23)21-10-11-28/h4-7,17-18,28H,8-13H2,1-3H3,(H,21,23)(H,22,24). The Balaban J connectivity index is 1.87. The smallest absolute Gasteiger partial charge is 0.249 e. The number of hydrogen-bond donors (Lipinski definition) is 3. The summed E-state index contributed by atoms with van der Waals surface area (Å²) >= 11 is 4.04.